The predicted molar refractivity (Wildman–Crippen MR) is 100 cm³/mol. The molecule has 2 rings (SSSR count). The van der Waals surface area contributed by atoms with Gasteiger partial charge in [-0.05, 0) is 43.7 Å². The summed E-state index contributed by atoms with van der Waals surface area (Å²) in [6.45, 7) is 4.32. The largest absolute Gasteiger partial charge is 0.493 e. The number of benzene rings is 1. The molecule has 0 unspecified atom stereocenters. The first kappa shape index (κ1) is 20.6. The fourth-order valence-corrected chi connectivity index (χ4v) is 2.88. The van der Waals surface area contributed by atoms with Gasteiger partial charge >= 0.3 is 16.1 Å². The zero-order valence-corrected chi connectivity index (χ0v) is 16.4. The number of urea groups is 1. The van der Waals surface area contributed by atoms with E-state index < -0.39 is 10.1 Å². The van der Waals surface area contributed by atoms with Crippen molar-refractivity contribution in [3.05, 3.63) is 47.9 Å². The topological polar surface area (TPSA) is 98.1 Å². The second kappa shape index (κ2) is 9.31. The zero-order valence-electron chi connectivity index (χ0n) is 15.6. The summed E-state index contributed by atoms with van der Waals surface area (Å²) >= 11 is 0. The van der Waals surface area contributed by atoms with E-state index in [4.69, 9.17) is 13.3 Å². The molecule has 0 aliphatic heterocycles. The quantitative estimate of drug-likeness (QED) is 0.655. The van der Waals surface area contributed by atoms with E-state index in [2.05, 4.69) is 5.32 Å². The highest BCUT2D eigenvalue weighted by Crippen LogP contribution is 2.30. The summed E-state index contributed by atoms with van der Waals surface area (Å²) < 4.78 is 39.2. The van der Waals surface area contributed by atoms with E-state index in [0.717, 1.165) is 0 Å². The van der Waals surface area contributed by atoms with Gasteiger partial charge in [0.2, 0.25) is 0 Å². The maximum Gasteiger partial charge on any atom is 0.318 e. The second-order valence-corrected chi connectivity index (χ2v) is 7.55. The molecular formula is C18H24N2O6S. The second-order valence-electron chi connectivity index (χ2n) is 5.69. The molecule has 1 N–H and O–H groups in total. The number of rotatable bonds is 9. The van der Waals surface area contributed by atoms with Crippen molar-refractivity contribution in [2.24, 2.45) is 0 Å². The van der Waals surface area contributed by atoms with Crippen molar-refractivity contribution in [3.8, 4) is 11.5 Å². The highest BCUT2D eigenvalue weighted by atomic mass is 32.2. The van der Waals surface area contributed by atoms with Crippen molar-refractivity contribution in [1.29, 1.82) is 0 Å². The van der Waals surface area contributed by atoms with E-state index in [1.807, 2.05) is 6.92 Å². The Balaban J connectivity index is 2.26. The average molecular weight is 396 g/mol. The molecule has 2 amide bonds. The van der Waals surface area contributed by atoms with Gasteiger partial charge in [0.05, 0.1) is 25.7 Å². The third-order valence-corrected chi connectivity index (χ3v) is 4.85. The number of amides is 2. The Morgan fingerprint density at radius 3 is 2.56 bits per heavy atom. The van der Waals surface area contributed by atoms with Gasteiger partial charge in [0, 0.05) is 13.1 Å². The van der Waals surface area contributed by atoms with Gasteiger partial charge in [-0.3, -0.25) is 0 Å². The molecule has 8 nitrogen and oxygen atoms in total. The number of nitrogens with one attached hydrogen (secondary N) is 1. The Morgan fingerprint density at radius 2 is 1.96 bits per heavy atom. The first-order chi connectivity index (χ1) is 12.9. The first-order valence-corrected chi connectivity index (χ1v) is 10.1. The summed E-state index contributed by atoms with van der Waals surface area (Å²) in [5, 5.41) is 2.76. The molecule has 0 aliphatic rings. The van der Waals surface area contributed by atoms with Crippen LogP contribution >= 0.6 is 0 Å². The van der Waals surface area contributed by atoms with Crippen LogP contribution in [-0.2, 0) is 23.2 Å². The molecule has 9 heteroatoms. The third kappa shape index (κ3) is 5.92. The number of ether oxygens (including phenoxy) is 1. The van der Waals surface area contributed by atoms with Crippen molar-refractivity contribution < 1.29 is 26.5 Å². The van der Waals surface area contributed by atoms with Crippen LogP contribution in [0.1, 0.15) is 25.2 Å². The molecule has 0 atom stereocenters. The van der Waals surface area contributed by atoms with Crippen molar-refractivity contribution in [1.82, 2.24) is 10.2 Å². The number of methoxy groups -OCH3 is 1. The van der Waals surface area contributed by atoms with Crippen molar-refractivity contribution in [3.63, 3.8) is 0 Å². The van der Waals surface area contributed by atoms with Crippen LogP contribution in [-0.4, -0.2) is 38.8 Å². The van der Waals surface area contributed by atoms with Crippen LogP contribution < -0.4 is 14.2 Å². The van der Waals surface area contributed by atoms with Gasteiger partial charge < -0.3 is 23.6 Å². The van der Waals surface area contributed by atoms with Crippen LogP contribution in [0.15, 0.2) is 41.0 Å². The van der Waals surface area contributed by atoms with Gasteiger partial charge in [-0.25, -0.2) is 4.79 Å². The van der Waals surface area contributed by atoms with E-state index in [1.165, 1.54) is 14.0 Å². The van der Waals surface area contributed by atoms with E-state index in [1.54, 1.807) is 41.5 Å². The summed E-state index contributed by atoms with van der Waals surface area (Å²) in [5.74, 6) is 0.862. The number of furan rings is 1. The fraction of sp³-hybridized carbons (Fsp3) is 0.389. The number of carbonyl (C=O) groups is 1. The highest BCUT2D eigenvalue weighted by Gasteiger charge is 2.18. The summed E-state index contributed by atoms with van der Waals surface area (Å²) in [6.07, 6.45) is 1.54. The van der Waals surface area contributed by atoms with Crippen LogP contribution in [0.3, 0.4) is 0 Å². The third-order valence-electron chi connectivity index (χ3n) is 3.71. The van der Waals surface area contributed by atoms with Crippen molar-refractivity contribution in [2.45, 2.75) is 26.9 Å². The lowest BCUT2D eigenvalue weighted by Gasteiger charge is -2.22. The van der Waals surface area contributed by atoms with Gasteiger partial charge in [-0.2, -0.15) is 8.42 Å². The molecule has 1 aromatic carbocycles. The number of nitrogens with zero attached hydrogens (tertiary/aromatic N) is 1. The van der Waals surface area contributed by atoms with E-state index in [-0.39, 0.29) is 30.6 Å². The summed E-state index contributed by atoms with van der Waals surface area (Å²) in [4.78, 5) is 13.9. The monoisotopic (exact) mass is 396 g/mol. The molecule has 0 radical (unpaired) electrons. The normalized spacial score (nSPS) is 11.1. The van der Waals surface area contributed by atoms with Gasteiger partial charge in [-0.1, -0.05) is 6.07 Å². The minimum absolute atomic E-state index is 0.0886. The molecule has 0 bridgehead atoms. The maximum atomic E-state index is 12.4. The molecule has 1 heterocycles. The SMILES string of the molecule is CCNC(=O)N(Cc1ccc(OC)c(OS(=O)(=O)CC)c1)Cc1ccco1. The predicted octanol–water partition coefficient (Wildman–Crippen LogP) is 2.75. The van der Waals surface area contributed by atoms with E-state index in [9.17, 15) is 13.2 Å². The molecular weight excluding hydrogens is 372 g/mol. The van der Waals surface area contributed by atoms with Crippen molar-refractivity contribution >= 4 is 16.1 Å². The molecule has 2 aromatic rings. The molecule has 0 aliphatic carbocycles. The molecule has 148 valence electrons. The van der Waals surface area contributed by atoms with E-state index >= 15 is 0 Å². The van der Waals surface area contributed by atoms with Crippen LogP contribution in [0.5, 0.6) is 11.5 Å². The molecule has 1 aromatic heterocycles. The minimum Gasteiger partial charge on any atom is -0.493 e. The Kier molecular flexibility index (Phi) is 7.12. The lowest BCUT2D eigenvalue weighted by Crippen LogP contribution is -2.38. The van der Waals surface area contributed by atoms with Crippen molar-refractivity contribution in [2.75, 3.05) is 19.4 Å². The first-order valence-electron chi connectivity index (χ1n) is 8.52. The summed E-state index contributed by atoms with van der Waals surface area (Å²) in [7, 11) is -2.28. The standard InChI is InChI=1S/C18H24N2O6S/c1-4-19-18(21)20(13-15-7-6-10-25-15)12-14-8-9-16(24-3)17(11-14)26-27(22,23)5-2/h6-11H,4-5,12-13H2,1-3H3,(H,19,21). The minimum atomic E-state index is -3.70. The smallest absolute Gasteiger partial charge is 0.318 e. The van der Waals surface area contributed by atoms with Crippen LogP contribution in [0.2, 0.25) is 0 Å². The summed E-state index contributed by atoms with van der Waals surface area (Å²) in [5.41, 5.74) is 0.690. The van der Waals surface area contributed by atoms with Gasteiger partial charge in [-0.15, -0.1) is 0 Å². The lowest BCUT2D eigenvalue weighted by molar-refractivity contribution is 0.188. The Hall–Kier alpha value is -2.68. The molecule has 27 heavy (non-hydrogen) atoms. The Labute approximate surface area is 159 Å². The van der Waals surface area contributed by atoms with Gasteiger partial charge in [0.1, 0.15) is 5.76 Å². The zero-order chi connectivity index (χ0) is 19.9. The summed E-state index contributed by atoms with van der Waals surface area (Å²) in [6, 6.07) is 8.19. The van der Waals surface area contributed by atoms with Gasteiger partial charge in [0.15, 0.2) is 11.5 Å². The highest BCUT2D eigenvalue weighted by molar-refractivity contribution is 7.87. The average Bonchev–Trinajstić information content (AvgIpc) is 3.14. The maximum absolute atomic E-state index is 12.4. The molecule has 0 spiro atoms. The number of carbonyl (C=O) groups excluding carboxylic acids is 1. The van der Waals surface area contributed by atoms with Crippen LogP contribution in [0, 0.1) is 0 Å². The fourth-order valence-electron chi connectivity index (χ4n) is 2.35. The van der Waals surface area contributed by atoms with Crippen LogP contribution in [0.25, 0.3) is 0 Å². The molecule has 0 saturated heterocycles. The molecule has 0 fully saturated rings. The lowest BCUT2D eigenvalue weighted by atomic mass is 10.2. The Morgan fingerprint density at radius 1 is 1.19 bits per heavy atom. The van der Waals surface area contributed by atoms with E-state index in [0.29, 0.717) is 23.6 Å². The van der Waals surface area contributed by atoms with Gasteiger partial charge in [0.25, 0.3) is 0 Å². The molecule has 0 saturated carbocycles. The number of hydrogen-bond donors (Lipinski definition) is 1. The number of hydrogen-bond acceptors (Lipinski definition) is 6. The Bertz CT molecular complexity index is 849. The van der Waals surface area contributed by atoms with Crippen LogP contribution in [0.4, 0.5) is 4.79 Å².